The van der Waals surface area contributed by atoms with Crippen LogP contribution in [0.1, 0.15) is 60.6 Å². The van der Waals surface area contributed by atoms with E-state index in [1.165, 1.54) is 26.8 Å². The van der Waals surface area contributed by atoms with Gasteiger partial charge in [0.15, 0.2) is 17.3 Å². The van der Waals surface area contributed by atoms with Crippen LogP contribution in [0.3, 0.4) is 0 Å². The highest BCUT2D eigenvalue weighted by Gasteiger charge is 2.56. The number of rotatable bonds is 8. The quantitative estimate of drug-likeness (QED) is 0.200. The first-order valence-electron chi connectivity index (χ1n) is 12.8. The molecule has 1 aromatic carbocycles. The molecule has 3 heterocycles. The Morgan fingerprint density at radius 1 is 1.17 bits per heavy atom. The molecule has 0 spiro atoms. The van der Waals surface area contributed by atoms with E-state index >= 15 is 0 Å². The lowest BCUT2D eigenvalue weighted by Crippen LogP contribution is -2.41. The topological polar surface area (TPSA) is 165 Å². The Balaban J connectivity index is 1.56. The number of aromatic hydroxyl groups is 2. The molecule has 1 aliphatic carbocycles. The van der Waals surface area contributed by atoms with Crippen LogP contribution < -0.4 is 10.1 Å². The Hall–Kier alpha value is -4.45. The van der Waals surface area contributed by atoms with E-state index in [1.807, 2.05) is 6.26 Å². The summed E-state index contributed by atoms with van der Waals surface area (Å²) in [5.41, 5.74) is -0.837. The average Bonchev–Trinajstić information content (AvgIpc) is 3.54. The Labute approximate surface area is 239 Å². The van der Waals surface area contributed by atoms with Crippen molar-refractivity contribution in [3.63, 3.8) is 0 Å². The van der Waals surface area contributed by atoms with Crippen LogP contribution in [0.25, 0.3) is 11.4 Å². The lowest BCUT2D eigenvalue weighted by atomic mass is 9.70. The SMILES string of the molecule is CSCCC(N/C(C)=C1\C(=O)C=C2Oc3c(C(C)=O)c(O)c(C)c(O)c3[C@]2(C)C1=O)c1nc(-c2ccncc2)no1. The van der Waals surface area contributed by atoms with Crippen LogP contribution in [0.2, 0.25) is 0 Å². The van der Waals surface area contributed by atoms with Crippen molar-refractivity contribution in [2.75, 3.05) is 12.0 Å². The number of ether oxygens (including phenoxy) is 1. The van der Waals surface area contributed by atoms with Gasteiger partial charge in [0.1, 0.15) is 40.0 Å². The maximum Gasteiger partial charge on any atom is 0.249 e. The minimum atomic E-state index is -1.61. The summed E-state index contributed by atoms with van der Waals surface area (Å²) >= 11 is 1.61. The van der Waals surface area contributed by atoms with Gasteiger partial charge in [0.2, 0.25) is 11.7 Å². The first-order valence-corrected chi connectivity index (χ1v) is 14.2. The van der Waals surface area contributed by atoms with Crippen molar-refractivity contribution in [2.45, 2.75) is 45.6 Å². The summed E-state index contributed by atoms with van der Waals surface area (Å²) in [6.45, 7) is 5.81. The van der Waals surface area contributed by atoms with E-state index in [1.54, 1.807) is 43.2 Å². The van der Waals surface area contributed by atoms with Gasteiger partial charge in [-0.2, -0.15) is 16.7 Å². The molecule has 11 nitrogen and oxygen atoms in total. The molecule has 2 aromatic heterocycles. The lowest BCUT2D eigenvalue weighted by molar-refractivity contribution is -0.123. The van der Waals surface area contributed by atoms with Gasteiger partial charge in [0.25, 0.3) is 0 Å². The second kappa shape index (κ2) is 10.5. The normalized spacial score (nSPS) is 19.7. The van der Waals surface area contributed by atoms with Crippen molar-refractivity contribution < 1.29 is 33.9 Å². The van der Waals surface area contributed by atoms with Crippen LogP contribution in [-0.4, -0.2) is 54.7 Å². The van der Waals surface area contributed by atoms with Crippen molar-refractivity contribution in [3.05, 3.63) is 70.2 Å². The first-order chi connectivity index (χ1) is 19.5. The van der Waals surface area contributed by atoms with Crippen molar-refractivity contribution in [1.29, 1.82) is 0 Å². The molecule has 0 saturated heterocycles. The minimum Gasteiger partial charge on any atom is -0.507 e. The van der Waals surface area contributed by atoms with E-state index in [9.17, 15) is 24.6 Å². The molecule has 12 heteroatoms. The van der Waals surface area contributed by atoms with Gasteiger partial charge < -0.3 is 24.8 Å². The molecule has 2 atom stereocenters. The average molecular weight is 577 g/mol. The molecule has 3 aromatic rings. The van der Waals surface area contributed by atoms with Gasteiger partial charge in [-0.1, -0.05) is 5.16 Å². The van der Waals surface area contributed by atoms with Crippen LogP contribution in [0.5, 0.6) is 17.2 Å². The Kier molecular flexibility index (Phi) is 7.20. The zero-order valence-corrected chi connectivity index (χ0v) is 23.9. The molecule has 41 heavy (non-hydrogen) atoms. The molecule has 1 aliphatic heterocycles. The lowest BCUT2D eigenvalue weighted by Gasteiger charge is -2.29. The van der Waals surface area contributed by atoms with Crippen LogP contribution in [0.15, 0.2) is 52.2 Å². The number of thioether (sulfide) groups is 1. The number of fused-ring (bicyclic) bond motifs is 3. The zero-order valence-electron chi connectivity index (χ0n) is 23.1. The summed E-state index contributed by atoms with van der Waals surface area (Å²) in [5, 5.41) is 28.9. The largest absolute Gasteiger partial charge is 0.507 e. The number of ketones is 3. The minimum absolute atomic E-state index is 0.0281. The number of allylic oxidation sites excluding steroid dienone is 4. The maximum atomic E-state index is 14.1. The third-order valence-electron chi connectivity index (χ3n) is 7.44. The molecule has 2 aliphatic rings. The van der Waals surface area contributed by atoms with Crippen molar-refractivity contribution in [1.82, 2.24) is 20.4 Å². The standard InChI is InChI=1S/C29H28N4O7S/c1-13-23(36)21(15(3)34)25-22(24(13)37)29(4)19(39-25)12-18(35)20(26(29)38)14(2)31-17(8-11-41-5)28-32-27(33-40-28)16-6-9-30-10-7-16/h6-7,9-10,12,17,31,36-37H,8,11H2,1-5H3/b20-14+/t17?,29-/m1/s1. The van der Waals surface area contributed by atoms with E-state index in [2.05, 4.69) is 20.4 Å². The third kappa shape index (κ3) is 4.48. The van der Waals surface area contributed by atoms with Crippen molar-refractivity contribution >= 4 is 29.1 Å². The van der Waals surface area contributed by atoms with E-state index in [0.717, 1.165) is 11.3 Å². The summed E-state index contributed by atoms with van der Waals surface area (Å²) in [6, 6.07) is 3.00. The highest BCUT2D eigenvalue weighted by atomic mass is 32.2. The van der Waals surface area contributed by atoms with Crippen LogP contribution in [-0.2, 0) is 15.0 Å². The van der Waals surface area contributed by atoms with Gasteiger partial charge in [-0.3, -0.25) is 19.4 Å². The van der Waals surface area contributed by atoms with Crippen LogP contribution in [0, 0.1) is 6.92 Å². The predicted molar refractivity (Wildman–Crippen MR) is 150 cm³/mol. The predicted octanol–water partition coefficient (Wildman–Crippen LogP) is 4.10. The number of benzene rings is 1. The van der Waals surface area contributed by atoms with E-state index in [0.29, 0.717) is 12.2 Å². The molecule has 0 radical (unpaired) electrons. The molecular formula is C29H28N4O7S. The maximum absolute atomic E-state index is 14.1. The van der Waals surface area contributed by atoms with Gasteiger partial charge >= 0.3 is 0 Å². The summed E-state index contributed by atoms with van der Waals surface area (Å²) in [5.74, 6) is -1.33. The van der Waals surface area contributed by atoms with Gasteiger partial charge in [-0.15, -0.1) is 0 Å². The van der Waals surface area contributed by atoms with E-state index in [-0.39, 0.29) is 51.1 Å². The van der Waals surface area contributed by atoms with Crippen LogP contribution >= 0.6 is 11.8 Å². The molecule has 3 N–H and O–H groups in total. The molecular weight excluding hydrogens is 548 g/mol. The highest BCUT2D eigenvalue weighted by Crippen LogP contribution is 2.57. The highest BCUT2D eigenvalue weighted by molar-refractivity contribution is 7.98. The van der Waals surface area contributed by atoms with Crippen molar-refractivity contribution in [2.24, 2.45) is 0 Å². The monoisotopic (exact) mass is 576 g/mol. The number of Topliss-reactive ketones (excluding diaryl/α,β-unsaturated/α-hetero) is 2. The fraction of sp³-hybridized carbons (Fsp3) is 0.310. The fourth-order valence-corrected chi connectivity index (χ4v) is 5.66. The Morgan fingerprint density at radius 2 is 1.88 bits per heavy atom. The zero-order chi connectivity index (χ0) is 29.6. The molecule has 1 unspecified atom stereocenters. The number of carbonyl (C=O) groups excluding carboxylic acids is 3. The summed E-state index contributed by atoms with van der Waals surface area (Å²) in [7, 11) is 0. The van der Waals surface area contributed by atoms with Gasteiger partial charge in [-0.25, -0.2) is 0 Å². The number of aromatic nitrogens is 3. The third-order valence-corrected chi connectivity index (χ3v) is 8.08. The molecule has 0 amide bonds. The smallest absolute Gasteiger partial charge is 0.249 e. The number of nitrogens with zero attached hydrogens (tertiary/aromatic N) is 3. The Bertz CT molecular complexity index is 1660. The molecule has 5 rings (SSSR count). The van der Waals surface area contributed by atoms with Crippen LogP contribution in [0.4, 0.5) is 0 Å². The molecule has 0 fully saturated rings. The Morgan fingerprint density at radius 3 is 2.54 bits per heavy atom. The number of pyridine rings is 1. The number of hydrogen-bond acceptors (Lipinski definition) is 12. The number of carbonyl (C=O) groups is 3. The van der Waals surface area contributed by atoms with E-state index < -0.39 is 34.6 Å². The second-order valence-electron chi connectivity index (χ2n) is 10.1. The number of phenolic OH excluding ortho intramolecular Hbond substituents is 2. The molecule has 0 bridgehead atoms. The number of nitrogens with one attached hydrogen (secondary N) is 1. The summed E-state index contributed by atoms with van der Waals surface area (Å²) in [6.07, 6.45) is 6.94. The number of phenols is 2. The first kappa shape index (κ1) is 28.1. The summed E-state index contributed by atoms with van der Waals surface area (Å²) < 4.78 is 11.4. The molecule has 212 valence electrons. The fourth-order valence-electron chi connectivity index (χ4n) is 5.18. The van der Waals surface area contributed by atoms with Gasteiger partial charge in [-0.05, 0) is 58.3 Å². The number of hydrogen-bond donors (Lipinski definition) is 3. The van der Waals surface area contributed by atoms with E-state index in [4.69, 9.17) is 9.26 Å². The molecule has 0 saturated carbocycles. The second-order valence-corrected chi connectivity index (χ2v) is 11.0. The van der Waals surface area contributed by atoms with Gasteiger partial charge in [0, 0.05) is 35.3 Å². The van der Waals surface area contributed by atoms with Crippen molar-refractivity contribution in [3.8, 4) is 28.6 Å². The summed E-state index contributed by atoms with van der Waals surface area (Å²) in [4.78, 5) is 48.4. The van der Waals surface area contributed by atoms with Gasteiger partial charge in [0.05, 0.1) is 11.1 Å².